The molecule has 1 aromatic heterocycles. The maximum atomic E-state index is 5.68. The van der Waals surface area contributed by atoms with Gasteiger partial charge in [0.05, 0.1) is 12.2 Å². The second-order valence-corrected chi connectivity index (χ2v) is 3.97. The van der Waals surface area contributed by atoms with Crippen molar-refractivity contribution in [3.05, 3.63) is 17.8 Å². The van der Waals surface area contributed by atoms with Crippen LogP contribution in [0.25, 0.3) is 0 Å². The molecule has 1 saturated heterocycles. The highest BCUT2D eigenvalue weighted by molar-refractivity contribution is 5.01. The molecular weight excluding hydrogens is 192 g/mol. The summed E-state index contributed by atoms with van der Waals surface area (Å²) in [5.74, 6) is 1.61. The third kappa shape index (κ3) is 2.38. The molecular formula is C11H18N2O2. The molecule has 1 aromatic rings. The van der Waals surface area contributed by atoms with Crippen LogP contribution in [0.4, 0.5) is 0 Å². The minimum atomic E-state index is 0.115. The van der Waals surface area contributed by atoms with E-state index in [4.69, 9.17) is 9.15 Å². The van der Waals surface area contributed by atoms with Gasteiger partial charge in [0.25, 0.3) is 0 Å². The van der Waals surface area contributed by atoms with Crippen molar-refractivity contribution < 1.29 is 9.15 Å². The molecule has 2 rings (SSSR count). The van der Waals surface area contributed by atoms with E-state index in [-0.39, 0.29) is 12.1 Å². The lowest BCUT2D eigenvalue weighted by Crippen LogP contribution is -2.12. The number of hydrogen-bond acceptors (Lipinski definition) is 4. The lowest BCUT2D eigenvalue weighted by Gasteiger charge is -2.20. The van der Waals surface area contributed by atoms with Gasteiger partial charge in [0, 0.05) is 6.61 Å². The van der Waals surface area contributed by atoms with E-state index in [1.165, 1.54) is 6.42 Å². The van der Waals surface area contributed by atoms with E-state index < -0.39 is 0 Å². The average Bonchev–Trinajstić information content (AvgIpc) is 2.78. The molecule has 1 fully saturated rings. The van der Waals surface area contributed by atoms with Crippen LogP contribution in [0.2, 0.25) is 0 Å². The SMILES string of the molecule is CNC(C)c1ncc(C2CCCCO2)o1. The van der Waals surface area contributed by atoms with Crippen molar-refractivity contribution in [3.8, 4) is 0 Å². The van der Waals surface area contributed by atoms with Crippen molar-refractivity contribution >= 4 is 0 Å². The summed E-state index contributed by atoms with van der Waals surface area (Å²) >= 11 is 0. The molecule has 1 aliphatic rings. The Kier molecular flexibility index (Phi) is 3.38. The van der Waals surface area contributed by atoms with Crippen LogP contribution in [-0.4, -0.2) is 18.6 Å². The van der Waals surface area contributed by atoms with Gasteiger partial charge in [-0.15, -0.1) is 0 Å². The number of rotatable bonds is 3. The first-order valence-corrected chi connectivity index (χ1v) is 5.55. The Hall–Kier alpha value is -0.870. The van der Waals surface area contributed by atoms with E-state index in [0.717, 1.165) is 31.1 Å². The summed E-state index contributed by atoms with van der Waals surface area (Å²) in [6, 6.07) is 0.155. The van der Waals surface area contributed by atoms with Crippen LogP contribution in [0.15, 0.2) is 10.6 Å². The summed E-state index contributed by atoms with van der Waals surface area (Å²) in [6.45, 7) is 2.86. The van der Waals surface area contributed by atoms with Crippen LogP contribution in [0.1, 0.15) is 50.0 Å². The van der Waals surface area contributed by atoms with Gasteiger partial charge in [0.15, 0.2) is 5.76 Å². The fraction of sp³-hybridized carbons (Fsp3) is 0.727. The molecule has 0 aromatic carbocycles. The van der Waals surface area contributed by atoms with Crippen molar-refractivity contribution in [2.75, 3.05) is 13.7 Å². The smallest absolute Gasteiger partial charge is 0.211 e. The zero-order valence-electron chi connectivity index (χ0n) is 9.32. The summed E-state index contributed by atoms with van der Waals surface area (Å²) in [4.78, 5) is 4.25. The monoisotopic (exact) mass is 210 g/mol. The van der Waals surface area contributed by atoms with Gasteiger partial charge in [-0.05, 0) is 33.2 Å². The number of nitrogens with zero attached hydrogens (tertiary/aromatic N) is 1. The Bertz CT molecular complexity index is 305. The van der Waals surface area contributed by atoms with E-state index in [1.54, 1.807) is 6.20 Å². The van der Waals surface area contributed by atoms with Crippen molar-refractivity contribution in [1.82, 2.24) is 10.3 Å². The molecule has 0 aliphatic carbocycles. The van der Waals surface area contributed by atoms with Gasteiger partial charge in [-0.3, -0.25) is 0 Å². The number of oxazole rings is 1. The lowest BCUT2D eigenvalue weighted by molar-refractivity contribution is 0.00103. The fourth-order valence-corrected chi connectivity index (χ4v) is 1.74. The lowest BCUT2D eigenvalue weighted by atomic mass is 10.1. The van der Waals surface area contributed by atoms with E-state index in [0.29, 0.717) is 0 Å². The highest BCUT2D eigenvalue weighted by atomic mass is 16.5. The van der Waals surface area contributed by atoms with Gasteiger partial charge in [-0.1, -0.05) is 0 Å². The maximum absolute atomic E-state index is 5.68. The zero-order valence-corrected chi connectivity index (χ0v) is 9.32. The normalized spacial score (nSPS) is 24.0. The van der Waals surface area contributed by atoms with Gasteiger partial charge >= 0.3 is 0 Å². The van der Waals surface area contributed by atoms with Gasteiger partial charge in [-0.2, -0.15) is 0 Å². The molecule has 1 N–H and O–H groups in total. The molecule has 4 nitrogen and oxygen atoms in total. The Morgan fingerprint density at radius 1 is 1.53 bits per heavy atom. The predicted molar refractivity (Wildman–Crippen MR) is 56.5 cm³/mol. The Morgan fingerprint density at radius 2 is 2.40 bits per heavy atom. The first kappa shape index (κ1) is 10.6. The summed E-state index contributed by atoms with van der Waals surface area (Å²) in [5, 5.41) is 3.10. The quantitative estimate of drug-likeness (QED) is 0.830. The van der Waals surface area contributed by atoms with Crippen LogP contribution < -0.4 is 5.32 Å². The van der Waals surface area contributed by atoms with E-state index in [2.05, 4.69) is 10.3 Å². The summed E-state index contributed by atoms with van der Waals surface area (Å²) in [7, 11) is 1.89. The molecule has 0 spiro atoms. The summed E-state index contributed by atoms with van der Waals surface area (Å²) in [5.41, 5.74) is 0. The van der Waals surface area contributed by atoms with Crippen molar-refractivity contribution in [1.29, 1.82) is 0 Å². The first-order chi connectivity index (χ1) is 7.31. The molecule has 4 heteroatoms. The molecule has 15 heavy (non-hydrogen) atoms. The topological polar surface area (TPSA) is 47.3 Å². The Labute approximate surface area is 90.0 Å². The van der Waals surface area contributed by atoms with Crippen molar-refractivity contribution in [3.63, 3.8) is 0 Å². The second kappa shape index (κ2) is 4.77. The molecule has 2 heterocycles. The molecule has 0 bridgehead atoms. The summed E-state index contributed by atoms with van der Waals surface area (Å²) in [6.07, 6.45) is 5.32. The number of ether oxygens (including phenoxy) is 1. The molecule has 84 valence electrons. The Morgan fingerprint density at radius 3 is 3.07 bits per heavy atom. The molecule has 0 amide bonds. The van der Waals surface area contributed by atoms with E-state index in [9.17, 15) is 0 Å². The highest BCUT2D eigenvalue weighted by Gasteiger charge is 2.21. The minimum absolute atomic E-state index is 0.115. The maximum Gasteiger partial charge on any atom is 0.211 e. The van der Waals surface area contributed by atoms with Crippen LogP contribution in [0.5, 0.6) is 0 Å². The third-order valence-electron chi connectivity index (χ3n) is 2.84. The van der Waals surface area contributed by atoms with Gasteiger partial charge in [-0.25, -0.2) is 4.98 Å². The van der Waals surface area contributed by atoms with Gasteiger partial charge in [0.2, 0.25) is 5.89 Å². The first-order valence-electron chi connectivity index (χ1n) is 5.55. The average molecular weight is 210 g/mol. The number of nitrogens with one attached hydrogen (secondary N) is 1. The van der Waals surface area contributed by atoms with Crippen molar-refractivity contribution in [2.24, 2.45) is 0 Å². The highest BCUT2D eigenvalue weighted by Crippen LogP contribution is 2.29. The minimum Gasteiger partial charge on any atom is -0.441 e. The zero-order chi connectivity index (χ0) is 10.7. The fourth-order valence-electron chi connectivity index (χ4n) is 1.74. The van der Waals surface area contributed by atoms with Crippen LogP contribution in [0.3, 0.4) is 0 Å². The molecule has 0 saturated carbocycles. The molecule has 2 atom stereocenters. The van der Waals surface area contributed by atoms with Crippen LogP contribution in [0, 0.1) is 0 Å². The standard InChI is InChI=1S/C11H18N2O2/c1-8(12-2)11-13-7-10(15-11)9-5-3-4-6-14-9/h7-9,12H,3-6H2,1-2H3. The second-order valence-electron chi connectivity index (χ2n) is 3.97. The van der Waals surface area contributed by atoms with E-state index in [1.807, 2.05) is 14.0 Å². The summed E-state index contributed by atoms with van der Waals surface area (Å²) < 4.78 is 11.3. The largest absolute Gasteiger partial charge is 0.441 e. The van der Waals surface area contributed by atoms with Gasteiger partial charge in [0.1, 0.15) is 6.10 Å². The van der Waals surface area contributed by atoms with Crippen LogP contribution >= 0.6 is 0 Å². The third-order valence-corrected chi connectivity index (χ3v) is 2.84. The predicted octanol–water partition coefficient (Wildman–Crippen LogP) is 2.20. The van der Waals surface area contributed by atoms with Crippen LogP contribution in [-0.2, 0) is 4.74 Å². The molecule has 0 radical (unpaired) electrons. The molecule has 2 unspecified atom stereocenters. The Balaban J connectivity index is 2.05. The van der Waals surface area contributed by atoms with Gasteiger partial charge < -0.3 is 14.5 Å². The van der Waals surface area contributed by atoms with Crippen molar-refractivity contribution in [2.45, 2.75) is 38.3 Å². The number of aromatic nitrogens is 1. The number of hydrogen-bond donors (Lipinski definition) is 1. The molecule has 1 aliphatic heterocycles. The van der Waals surface area contributed by atoms with E-state index >= 15 is 0 Å².